The van der Waals surface area contributed by atoms with E-state index >= 15 is 0 Å². The fourth-order valence-corrected chi connectivity index (χ4v) is 3.33. The quantitative estimate of drug-likeness (QED) is 0.770. The van der Waals surface area contributed by atoms with Gasteiger partial charge in [-0.3, -0.25) is 14.6 Å². The second-order valence-corrected chi connectivity index (χ2v) is 6.04. The third-order valence-electron chi connectivity index (χ3n) is 4.31. The molecule has 0 bridgehead atoms. The van der Waals surface area contributed by atoms with Gasteiger partial charge in [0.1, 0.15) is 5.69 Å². The predicted molar refractivity (Wildman–Crippen MR) is 72.2 cm³/mol. The number of aromatic nitrogens is 2. The molecule has 8 heteroatoms. The van der Waals surface area contributed by atoms with Gasteiger partial charge in [0, 0.05) is 39.0 Å². The topological polar surface area (TPSA) is 66.4 Å². The van der Waals surface area contributed by atoms with Crippen molar-refractivity contribution in [3.8, 4) is 0 Å². The molecule has 0 saturated carbocycles. The smallest absolute Gasteiger partial charge is 0.274 e. The van der Waals surface area contributed by atoms with Crippen LogP contribution >= 0.6 is 0 Å². The largest absolute Gasteiger partial charge is 0.345 e. The number of hydrogen-bond donors (Lipinski definition) is 0. The van der Waals surface area contributed by atoms with E-state index in [-0.39, 0.29) is 18.1 Å². The van der Waals surface area contributed by atoms with E-state index in [0.29, 0.717) is 13.0 Å². The third-order valence-corrected chi connectivity index (χ3v) is 4.31. The minimum Gasteiger partial charge on any atom is -0.345 e. The first-order valence-corrected chi connectivity index (χ1v) is 7.02. The minimum absolute atomic E-state index is 0.00116. The Morgan fingerprint density at radius 1 is 1.32 bits per heavy atom. The van der Waals surface area contributed by atoms with Crippen LogP contribution in [0.4, 0.5) is 8.78 Å². The van der Waals surface area contributed by atoms with Gasteiger partial charge in [-0.15, -0.1) is 0 Å². The summed E-state index contributed by atoms with van der Waals surface area (Å²) in [6.45, 7) is -0.260. The molecule has 6 nitrogen and oxygen atoms in total. The van der Waals surface area contributed by atoms with E-state index in [1.54, 1.807) is 7.05 Å². The van der Waals surface area contributed by atoms with Crippen molar-refractivity contribution < 1.29 is 18.4 Å². The second kappa shape index (κ2) is 4.96. The van der Waals surface area contributed by atoms with Crippen molar-refractivity contribution in [1.29, 1.82) is 0 Å². The summed E-state index contributed by atoms with van der Waals surface area (Å²) in [7, 11) is 1.60. The molecule has 22 heavy (non-hydrogen) atoms. The highest BCUT2D eigenvalue weighted by Gasteiger charge is 2.57. The lowest BCUT2D eigenvalue weighted by atomic mass is 9.77. The summed E-state index contributed by atoms with van der Waals surface area (Å²) in [5, 5.41) is 0. The van der Waals surface area contributed by atoms with E-state index < -0.39 is 30.2 Å². The zero-order chi connectivity index (χ0) is 16.0. The molecule has 0 aromatic carbocycles. The van der Waals surface area contributed by atoms with E-state index in [2.05, 4.69) is 9.97 Å². The van der Waals surface area contributed by atoms with Crippen LogP contribution in [0.5, 0.6) is 0 Å². The maximum Gasteiger partial charge on any atom is 0.274 e. The van der Waals surface area contributed by atoms with Gasteiger partial charge in [0.05, 0.1) is 18.2 Å². The van der Waals surface area contributed by atoms with Gasteiger partial charge >= 0.3 is 0 Å². The van der Waals surface area contributed by atoms with Crippen molar-refractivity contribution in [2.45, 2.75) is 18.8 Å². The normalized spacial score (nSPS) is 27.5. The van der Waals surface area contributed by atoms with E-state index in [4.69, 9.17) is 0 Å². The molecule has 1 aromatic rings. The number of amides is 2. The first kappa shape index (κ1) is 14.8. The van der Waals surface area contributed by atoms with E-state index in [1.807, 2.05) is 0 Å². The van der Waals surface area contributed by atoms with Gasteiger partial charge < -0.3 is 9.80 Å². The summed E-state index contributed by atoms with van der Waals surface area (Å²) in [5.74, 6) is -4.02. The van der Waals surface area contributed by atoms with Gasteiger partial charge in [0.25, 0.3) is 11.8 Å². The monoisotopic (exact) mass is 310 g/mol. The van der Waals surface area contributed by atoms with Crippen LogP contribution < -0.4 is 0 Å². The van der Waals surface area contributed by atoms with Gasteiger partial charge in [-0.2, -0.15) is 0 Å². The molecule has 0 radical (unpaired) electrons. The van der Waals surface area contributed by atoms with E-state index in [9.17, 15) is 18.4 Å². The lowest BCUT2D eigenvalue weighted by molar-refractivity contribution is -0.150. The van der Waals surface area contributed by atoms with Crippen LogP contribution in [0.25, 0.3) is 0 Å². The van der Waals surface area contributed by atoms with Crippen LogP contribution in [0.1, 0.15) is 23.3 Å². The van der Waals surface area contributed by atoms with Gasteiger partial charge in [-0.1, -0.05) is 0 Å². The first-order valence-electron chi connectivity index (χ1n) is 7.02. The highest BCUT2D eigenvalue weighted by Crippen LogP contribution is 2.45. The maximum atomic E-state index is 14.1. The van der Waals surface area contributed by atoms with Crippen molar-refractivity contribution in [2.24, 2.45) is 5.41 Å². The number of halogens is 2. The van der Waals surface area contributed by atoms with Gasteiger partial charge in [-0.05, 0) is 6.42 Å². The summed E-state index contributed by atoms with van der Waals surface area (Å²) in [6, 6.07) is 0. The Balaban J connectivity index is 1.90. The molecule has 2 saturated heterocycles. The fraction of sp³-hybridized carbons (Fsp3) is 0.571. The number of nitrogens with zero attached hydrogens (tertiary/aromatic N) is 4. The van der Waals surface area contributed by atoms with Crippen LogP contribution in [0.15, 0.2) is 18.6 Å². The summed E-state index contributed by atoms with van der Waals surface area (Å²) >= 11 is 0. The van der Waals surface area contributed by atoms with Crippen molar-refractivity contribution in [2.75, 3.05) is 26.7 Å². The van der Waals surface area contributed by atoms with Crippen molar-refractivity contribution in [3.63, 3.8) is 0 Å². The molecule has 0 N–H and O–H groups in total. The lowest BCUT2D eigenvalue weighted by Gasteiger charge is -2.42. The molecule has 1 atom stereocenters. The average molecular weight is 310 g/mol. The molecule has 118 valence electrons. The Bertz CT molecular complexity index is 610. The van der Waals surface area contributed by atoms with Crippen LogP contribution in [0, 0.1) is 5.41 Å². The highest BCUT2D eigenvalue weighted by atomic mass is 19.3. The number of carbonyl (C=O) groups is 2. The molecule has 1 aromatic heterocycles. The molecule has 1 spiro atoms. The number of likely N-dealkylation sites (tertiary alicyclic amines) is 2. The van der Waals surface area contributed by atoms with Crippen LogP contribution in [0.2, 0.25) is 0 Å². The Hall–Kier alpha value is -2.12. The number of rotatable bonds is 1. The van der Waals surface area contributed by atoms with Crippen molar-refractivity contribution >= 4 is 11.8 Å². The Morgan fingerprint density at radius 3 is 2.68 bits per heavy atom. The first-order chi connectivity index (χ1) is 10.3. The molecule has 0 unspecified atom stereocenters. The predicted octanol–water partition coefficient (Wildman–Crippen LogP) is 0.806. The minimum atomic E-state index is -3.09. The SMILES string of the molecule is CN1CC[C@@]2(CN(C(=O)c3cnccn3)CC(F)(F)C2)C1=O. The molecule has 2 aliphatic heterocycles. The number of carbonyl (C=O) groups excluding carboxylic acids is 2. The average Bonchev–Trinajstić information content (AvgIpc) is 2.74. The third kappa shape index (κ3) is 2.42. The number of piperidine rings is 1. The molecule has 2 aliphatic rings. The molecule has 3 rings (SSSR count). The Kier molecular flexibility index (Phi) is 3.34. The molecule has 2 fully saturated rings. The number of hydrogen-bond acceptors (Lipinski definition) is 4. The van der Waals surface area contributed by atoms with Gasteiger partial charge in [0.2, 0.25) is 5.91 Å². The Labute approximate surface area is 126 Å². The van der Waals surface area contributed by atoms with Crippen LogP contribution in [-0.2, 0) is 4.79 Å². The number of alkyl halides is 2. The summed E-state index contributed by atoms with van der Waals surface area (Å²) in [5.41, 5.74) is -1.18. The molecule has 0 aliphatic carbocycles. The highest BCUT2D eigenvalue weighted by molar-refractivity contribution is 5.93. The lowest BCUT2D eigenvalue weighted by Crippen LogP contribution is -2.57. The van der Waals surface area contributed by atoms with Crippen LogP contribution in [0.3, 0.4) is 0 Å². The summed E-state index contributed by atoms with van der Waals surface area (Å²) in [4.78, 5) is 34.8. The van der Waals surface area contributed by atoms with Crippen molar-refractivity contribution in [1.82, 2.24) is 19.8 Å². The van der Waals surface area contributed by atoms with Gasteiger partial charge in [-0.25, -0.2) is 13.8 Å². The Morgan fingerprint density at radius 2 is 2.09 bits per heavy atom. The molecule has 3 heterocycles. The van der Waals surface area contributed by atoms with Crippen LogP contribution in [-0.4, -0.2) is 64.2 Å². The summed E-state index contributed by atoms with van der Waals surface area (Å²) < 4.78 is 28.3. The van der Waals surface area contributed by atoms with E-state index in [1.165, 1.54) is 23.5 Å². The standard InChI is InChI=1S/C14H16F2N4O2/c1-19-5-2-13(12(19)22)7-14(15,16)9-20(8-13)11(21)10-6-17-3-4-18-10/h3-4,6H,2,5,7-9H2,1H3/t13-/m1/s1. The zero-order valence-corrected chi connectivity index (χ0v) is 12.1. The van der Waals surface area contributed by atoms with Gasteiger partial charge in [0.15, 0.2) is 0 Å². The zero-order valence-electron chi connectivity index (χ0n) is 12.1. The molecular weight excluding hydrogens is 294 g/mol. The second-order valence-electron chi connectivity index (χ2n) is 6.04. The van der Waals surface area contributed by atoms with Crippen molar-refractivity contribution in [3.05, 3.63) is 24.3 Å². The molecule has 2 amide bonds. The molecular formula is C14H16F2N4O2. The fourth-order valence-electron chi connectivity index (χ4n) is 3.33. The summed E-state index contributed by atoms with van der Waals surface area (Å²) in [6.07, 6.45) is 3.80. The van der Waals surface area contributed by atoms with E-state index in [0.717, 1.165) is 4.90 Å². The maximum absolute atomic E-state index is 14.1.